The van der Waals surface area contributed by atoms with E-state index in [-0.39, 0.29) is 35.9 Å². The van der Waals surface area contributed by atoms with Crippen molar-refractivity contribution >= 4 is 17.6 Å². The van der Waals surface area contributed by atoms with Crippen LogP contribution >= 0.6 is 0 Å². The molecule has 0 spiro atoms. The number of benzene rings is 1. The molecular formula is C23H36N2O3. The first kappa shape index (κ1) is 23.9. The molecule has 1 rings (SSSR count). The lowest BCUT2D eigenvalue weighted by Gasteiger charge is -2.25. The molecule has 0 fully saturated rings. The van der Waals surface area contributed by atoms with Crippen LogP contribution in [0.5, 0.6) is 0 Å². The zero-order valence-electron chi connectivity index (χ0n) is 17.9. The van der Waals surface area contributed by atoms with Crippen molar-refractivity contribution in [1.29, 1.82) is 0 Å². The molecule has 0 unspecified atom stereocenters. The van der Waals surface area contributed by atoms with Crippen molar-refractivity contribution in [3.8, 4) is 0 Å². The Labute approximate surface area is 169 Å². The van der Waals surface area contributed by atoms with Crippen LogP contribution in [0, 0.1) is 23.7 Å². The van der Waals surface area contributed by atoms with E-state index in [2.05, 4.69) is 5.32 Å². The predicted octanol–water partition coefficient (Wildman–Crippen LogP) is 3.50. The molecule has 2 amide bonds. The molecule has 5 atom stereocenters. The van der Waals surface area contributed by atoms with E-state index in [1.807, 2.05) is 65.0 Å². The van der Waals surface area contributed by atoms with Gasteiger partial charge in [-0.2, -0.15) is 0 Å². The molecule has 0 saturated carbocycles. The van der Waals surface area contributed by atoms with Crippen LogP contribution in [0.1, 0.15) is 59.4 Å². The smallest absolute Gasteiger partial charge is 0.223 e. The maximum Gasteiger partial charge on any atom is 0.223 e. The number of carbonyl (C=O) groups is 3. The van der Waals surface area contributed by atoms with E-state index in [0.717, 1.165) is 18.4 Å². The van der Waals surface area contributed by atoms with Gasteiger partial charge in [-0.25, -0.2) is 0 Å². The highest BCUT2D eigenvalue weighted by molar-refractivity contribution is 5.92. The second-order valence-electron chi connectivity index (χ2n) is 7.99. The molecule has 1 aromatic rings. The lowest BCUT2D eigenvalue weighted by molar-refractivity contribution is -0.133. The normalized spacial score (nSPS) is 16.5. The summed E-state index contributed by atoms with van der Waals surface area (Å²) in [7, 11) is 0. The summed E-state index contributed by atoms with van der Waals surface area (Å²) in [5.74, 6) is -1.17. The molecule has 5 nitrogen and oxygen atoms in total. The number of ketones is 1. The first-order valence-electron chi connectivity index (χ1n) is 10.4. The number of nitrogens with two attached hydrogens (primary N) is 1. The maximum absolute atomic E-state index is 13.1. The van der Waals surface area contributed by atoms with Gasteiger partial charge in [-0.15, -0.1) is 0 Å². The maximum atomic E-state index is 13.1. The molecule has 0 heterocycles. The first-order chi connectivity index (χ1) is 13.2. The fourth-order valence-corrected chi connectivity index (χ4v) is 3.24. The fourth-order valence-electron chi connectivity index (χ4n) is 3.24. The van der Waals surface area contributed by atoms with Gasteiger partial charge in [0.25, 0.3) is 0 Å². The van der Waals surface area contributed by atoms with Gasteiger partial charge in [-0.05, 0) is 23.8 Å². The van der Waals surface area contributed by atoms with Crippen molar-refractivity contribution in [3.05, 3.63) is 35.9 Å². The zero-order chi connectivity index (χ0) is 21.3. The van der Waals surface area contributed by atoms with Gasteiger partial charge in [0.1, 0.15) is 0 Å². The lowest BCUT2D eigenvalue weighted by Crippen LogP contribution is -2.47. The van der Waals surface area contributed by atoms with Crippen LogP contribution in [0.2, 0.25) is 0 Å². The topological polar surface area (TPSA) is 89.3 Å². The zero-order valence-corrected chi connectivity index (χ0v) is 17.9. The third-order valence-electron chi connectivity index (χ3n) is 6.02. The van der Waals surface area contributed by atoms with Gasteiger partial charge < -0.3 is 11.1 Å². The minimum absolute atomic E-state index is 0.0218. The van der Waals surface area contributed by atoms with Gasteiger partial charge in [0.05, 0.1) is 6.04 Å². The van der Waals surface area contributed by atoms with Gasteiger partial charge in [0, 0.05) is 18.3 Å². The van der Waals surface area contributed by atoms with Gasteiger partial charge in [-0.3, -0.25) is 14.4 Å². The van der Waals surface area contributed by atoms with Crippen molar-refractivity contribution in [1.82, 2.24) is 5.32 Å². The molecule has 0 aliphatic rings. The molecule has 0 aromatic heterocycles. The molecule has 1 aromatic carbocycles. The predicted molar refractivity (Wildman–Crippen MR) is 112 cm³/mol. The van der Waals surface area contributed by atoms with E-state index >= 15 is 0 Å². The summed E-state index contributed by atoms with van der Waals surface area (Å²) in [6.45, 7) is 9.87. The molecule has 0 aliphatic heterocycles. The van der Waals surface area contributed by atoms with Crippen LogP contribution in [-0.2, 0) is 20.8 Å². The Morgan fingerprint density at radius 1 is 0.964 bits per heavy atom. The molecule has 3 N–H and O–H groups in total. The lowest BCUT2D eigenvalue weighted by atomic mass is 9.84. The average molecular weight is 389 g/mol. The van der Waals surface area contributed by atoms with Gasteiger partial charge >= 0.3 is 0 Å². The number of hydrogen-bond acceptors (Lipinski definition) is 3. The van der Waals surface area contributed by atoms with E-state index in [9.17, 15) is 14.4 Å². The molecule has 0 radical (unpaired) electrons. The van der Waals surface area contributed by atoms with E-state index < -0.39 is 17.9 Å². The highest BCUT2D eigenvalue weighted by Gasteiger charge is 2.30. The Kier molecular flexibility index (Phi) is 9.91. The SMILES string of the molecule is CC[C@@H](C)[C@H](CC(=O)[C@H](Cc1ccccc1)NC(=O)[C@@H](C)[C@@H](C)CC)C(N)=O. The number of carbonyl (C=O) groups excluding carboxylic acids is 3. The molecule has 0 aliphatic carbocycles. The van der Waals surface area contributed by atoms with E-state index in [0.29, 0.717) is 6.42 Å². The summed E-state index contributed by atoms with van der Waals surface area (Å²) in [6, 6.07) is 8.94. The van der Waals surface area contributed by atoms with Crippen molar-refractivity contribution in [2.75, 3.05) is 0 Å². The van der Waals surface area contributed by atoms with Gasteiger partial charge in [0.2, 0.25) is 11.8 Å². The Hall–Kier alpha value is -2.17. The Balaban J connectivity index is 3.00. The van der Waals surface area contributed by atoms with Crippen LogP contribution in [0.25, 0.3) is 0 Å². The van der Waals surface area contributed by atoms with Crippen molar-refractivity contribution in [2.45, 2.75) is 66.3 Å². The largest absolute Gasteiger partial charge is 0.369 e. The van der Waals surface area contributed by atoms with Crippen molar-refractivity contribution in [3.63, 3.8) is 0 Å². The van der Waals surface area contributed by atoms with Crippen LogP contribution in [-0.4, -0.2) is 23.6 Å². The monoisotopic (exact) mass is 388 g/mol. The average Bonchev–Trinajstić information content (AvgIpc) is 2.69. The van der Waals surface area contributed by atoms with E-state index in [1.54, 1.807) is 0 Å². The summed E-state index contributed by atoms with van der Waals surface area (Å²) in [5.41, 5.74) is 6.51. The quantitative estimate of drug-likeness (QED) is 0.574. The molecule has 156 valence electrons. The second-order valence-corrected chi connectivity index (χ2v) is 7.99. The Morgan fingerprint density at radius 2 is 1.54 bits per heavy atom. The standard InChI is InChI=1S/C23H36N2O3/c1-6-15(3)17(5)23(28)25-20(13-18-11-9-8-10-12-18)21(26)14-19(22(24)27)16(4)7-2/h8-12,15-17,19-20H,6-7,13-14H2,1-5H3,(H2,24,27)(H,25,28)/t15-,16+,17-,19-,20-/m0/s1. The molecular weight excluding hydrogens is 352 g/mol. The Bertz CT molecular complexity index is 645. The molecule has 0 bridgehead atoms. The van der Waals surface area contributed by atoms with Gasteiger partial charge in [-0.1, -0.05) is 77.8 Å². The minimum atomic E-state index is -0.660. The fraction of sp³-hybridized carbons (Fsp3) is 0.609. The highest BCUT2D eigenvalue weighted by Crippen LogP contribution is 2.21. The number of amides is 2. The van der Waals surface area contributed by atoms with Crippen molar-refractivity contribution < 1.29 is 14.4 Å². The highest BCUT2D eigenvalue weighted by atomic mass is 16.2. The summed E-state index contributed by atoms with van der Waals surface area (Å²) < 4.78 is 0. The molecule has 28 heavy (non-hydrogen) atoms. The van der Waals surface area contributed by atoms with Gasteiger partial charge in [0.15, 0.2) is 5.78 Å². The first-order valence-corrected chi connectivity index (χ1v) is 10.4. The third-order valence-corrected chi connectivity index (χ3v) is 6.02. The number of hydrogen-bond donors (Lipinski definition) is 2. The number of primary amides is 1. The summed E-state index contributed by atoms with van der Waals surface area (Å²) >= 11 is 0. The van der Waals surface area contributed by atoms with Crippen molar-refractivity contribution in [2.24, 2.45) is 29.4 Å². The number of nitrogens with one attached hydrogen (secondary N) is 1. The summed E-state index contributed by atoms with van der Waals surface area (Å²) in [4.78, 5) is 37.6. The number of rotatable bonds is 12. The van der Waals surface area contributed by atoms with E-state index in [1.165, 1.54) is 0 Å². The number of Topliss-reactive ketones (excluding diaryl/α,β-unsaturated/α-hetero) is 1. The van der Waals surface area contributed by atoms with E-state index in [4.69, 9.17) is 5.73 Å². The molecule has 0 saturated heterocycles. The van der Waals surface area contributed by atoms with Crippen LogP contribution < -0.4 is 11.1 Å². The molecule has 5 heteroatoms. The second kappa shape index (κ2) is 11.6. The van der Waals surface area contributed by atoms with Crippen LogP contribution in [0.15, 0.2) is 30.3 Å². The Morgan fingerprint density at radius 3 is 2.04 bits per heavy atom. The third kappa shape index (κ3) is 7.10. The van der Waals surface area contributed by atoms with Crippen LogP contribution in [0.4, 0.5) is 0 Å². The summed E-state index contributed by atoms with van der Waals surface area (Å²) in [6.07, 6.45) is 2.12. The summed E-state index contributed by atoms with van der Waals surface area (Å²) in [5, 5.41) is 2.94. The minimum Gasteiger partial charge on any atom is -0.369 e. The van der Waals surface area contributed by atoms with Crippen LogP contribution in [0.3, 0.4) is 0 Å².